The Hall–Kier alpha value is -4.20. The number of pyridine rings is 1. The van der Waals surface area contributed by atoms with E-state index in [0.717, 1.165) is 41.0 Å². The van der Waals surface area contributed by atoms with Gasteiger partial charge in [-0.3, -0.25) is 14.3 Å². The van der Waals surface area contributed by atoms with E-state index in [2.05, 4.69) is 15.7 Å². The van der Waals surface area contributed by atoms with Crippen molar-refractivity contribution in [2.45, 2.75) is 25.7 Å². The summed E-state index contributed by atoms with van der Waals surface area (Å²) in [6.07, 6.45) is 2.19. The molecule has 0 bridgehead atoms. The number of anilines is 2. The van der Waals surface area contributed by atoms with Crippen molar-refractivity contribution < 1.29 is 14.3 Å². The molecule has 1 aliphatic carbocycles. The summed E-state index contributed by atoms with van der Waals surface area (Å²) in [6, 6.07) is 15.8. The second-order valence-electron chi connectivity index (χ2n) is 8.49. The van der Waals surface area contributed by atoms with Crippen LogP contribution in [0.25, 0.3) is 11.0 Å². The number of methoxy groups -OCH3 is 1. The van der Waals surface area contributed by atoms with Crippen LogP contribution in [0.4, 0.5) is 11.4 Å². The second-order valence-corrected chi connectivity index (χ2v) is 8.49. The van der Waals surface area contributed by atoms with Crippen LogP contribution < -0.4 is 15.4 Å². The summed E-state index contributed by atoms with van der Waals surface area (Å²) in [5.41, 5.74) is 4.75. The highest BCUT2D eigenvalue weighted by atomic mass is 16.5. The third-order valence-corrected chi connectivity index (χ3v) is 5.98. The minimum absolute atomic E-state index is 0.221. The lowest BCUT2D eigenvalue weighted by Crippen LogP contribution is -2.15. The average Bonchev–Trinajstić information content (AvgIpc) is 3.65. The monoisotopic (exact) mass is 455 g/mol. The van der Waals surface area contributed by atoms with Crippen LogP contribution in [0.1, 0.15) is 50.9 Å². The quantitative estimate of drug-likeness (QED) is 0.440. The summed E-state index contributed by atoms with van der Waals surface area (Å²) in [5.74, 6) is 0.671. The number of hydrogen-bond acceptors (Lipinski definition) is 5. The topological polar surface area (TPSA) is 98.1 Å². The number of nitrogens with zero attached hydrogens (tertiary/aromatic N) is 3. The fourth-order valence-electron chi connectivity index (χ4n) is 4.01. The molecule has 0 atom stereocenters. The minimum Gasteiger partial charge on any atom is -0.497 e. The van der Waals surface area contributed by atoms with Crippen molar-refractivity contribution in [2.24, 2.45) is 7.05 Å². The maximum atomic E-state index is 13.2. The molecule has 1 saturated carbocycles. The molecule has 8 heteroatoms. The first-order chi connectivity index (χ1) is 16.4. The molecule has 0 spiro atoms. The largest absolute Gasteiger partial charge is 0.497 e. The highest BCUT2D eigenvalue weighted by Crippen LogP contribution is 2.40. The van der Waals surface area contributed by atoms with Gasteiger partial charge in [0, 0.05) is 35.6 Å². The Labute approximate surface area is 197 Å². The summed E-state index contributed by atoms with van der Waals surface area (Å²) in [7, 11) is 3.44. The number of amides is 2. The van der Waals surface area contributed by atoms with Crippen LogP contribution in [0.5, 0.6) is 5.75 Å². The Morgan fingerprint density at radius 2 is 1.59 bits per heavy atom. The molecular weight excluding hydrogens is 430 g/mol. The molecule has 0 aliphatic heterocycles. The Morgan fingerprint density at radius 3 is 2.21 bits per heavy atom. The molecular formula is C26H25N5O3. The molecule has 4 aromatic rings. The molecule has 2 N–H and O–H groups in total. The minimum atomic E-state index is -0.237. The summed E-state index contributed by atoms with van der Waals surface area (Å²) in [4.78, 5) is 30.6. The van der Waals surface area contributed by atoms with Crippen molar-refractivity contribution in [3.8, 4) is 5.75 Å². The van der Waals surface area contributed by atoms with Crippen molar-refractivity contribution in [1.29, 1.82) is 0 Å². The summed E-state index contributed by atoms with van der Waals surface area (Å²) < 4.78 is 6.86. The van der Waals surface area contributed by atoms with Crippen LogP contribution in [0.2, 0.25) is 0 Å². The second kappa shape index (κ2) is 8.62. The van der Waals surface area contributed by atoms with Gasteiger partial charge in [-0.05, 0) is 74.4 Å². The average molecular weight is 456 g/mol. The Morgan fingerprint density at radius 1 is 0.971 bits per heavy atom. The molecule has 2 aromatic heterocycles. The van der Waals surface area contributed by atoms with E-state index in [1.54, 1.807) is 60.3 Å². The summed E-state index contributed by atoms with van der Waals surface area (Å²) in [6.45, 7) is 1.88. The predicted octanol–water partition coefficient (Wildman–Crippen LogP) is 4.67. The van der Waals surface area contributed by atoms with E-state index in [0.29, 0.717) is 28.4 Å². The molecule has 2 heterocycles. The number of carbonyl (C=O) groups is 2. The van der Waals surface area contributed by atoms with Gasteiger partial charge in [-0.15, -0.1) is 0 Å². The number of benzene rings is 2. The van der Waals surface area contributed by atoms with Crippen LogP contribution in [-0.4, -0.2) is 33.7 Å². The van der Waals surface area contributed by atoms with Gasteiger partial charge >= 0.3 is 0 Å². The molecule has 0 radical (unpaired) electrons. The number of aryl methyl sites for hydroxylation is 2. The van der Waals surface area contributed by atoms with Crippen LogP contribution in [0, 0.1) is 6.92 Å². The normalized spacial score (nSPS) is 13.0. The number of rotatable bonds is 6. The van der Waals surface area contributed by atoms with Crippen molar-refractivity contribution >= 4 is 34.2 Å². The Bertz CT molecular complexity index is 1390. The van der Waals surface area contributed by atoms with Crippen LogP contribution in [-0.2, 0) is 7.05 Å². The molecule has 2 aromatic carbocycles. The number of ether oxygens (including phenoxy) is 1. The zero-order valence-corrected chi connectivity index (χ0v) is 19.3. The van der Waals surface area contributed by atoms with E-state index in [-0.39, 0.29) is 11.8 Å². The SMILES string of the molecule is COc1ccc(NC(=O)c2ccc(NC(=O)c3cc(C4CC4)nc4c3c(C)nn4C)cc2)cc1. The molecule has 0 saturated heterocycles. The molecule has 5 rings (SSSR count). The number of nitrogens with one attached hydrogen (secondary N) is 2. The Balaban J connectivity index is 1.33. The van der Waals surface area contributed by atoms with Crippen molar-refractivity contribution in [2.75, 3.05) is 17.7 Å². The van der Waals surface area contributed by atoms with E-state index >= 15 is 0 Å². The van der Waals surface area contributed by atoms with Crippen LogP contribution in [0.15, 0.2) is 54.6 Å². The fourth-order valence-corrected chi connectivity index (χ4v) is 4.01. The van der Waals surface area contributed by atoms with E-state index in [4.69, 9.17) is 9.72 Å². The van der Waals surface area contributed by atoms with Crippen LogP contribution >= 0.6 is 0 Å². The Kier molecular flexibility index (Phi) is 5.49. The predicted molar refractivity (Wildman–Crippen MR) is 131 cm³/mol. The lowest BCUT2D eigenvalue weighted by Gasteiger charge is -2.10. The van der Waals surface area contributed by atoms with Gasteiger partial charge in [-0.2, -0.15) is 5.10 Å². The van der Waals surface area contributed by atoms with Crippen molar-refractivity contribution in [1.82, 2.24) is 14.8 Å². The first-order valence-corrected chi connectivity index (χ1v) is 11.1. The zero-order chi connectivity index (χ0) is 23.8. The standard InChI is InChI=1S/C26H25N5O3/c1-15-23-21(14-22(16-4-5-16)29-24(23)31(2)30-15)26(33)28-18-8-6-17(7-9-18)25(32)27-19-10-12-20(34-3)13-11-19/h6-14,16H,4-5H2,1-3H3,(H,27,32)(H,28,33). The van der Waals surface area contributed by atoms with Gasteiger partial charge in [0.1, 0.15) is 5.75 Å². The lowest BCUT2D eigenvalue weighted by molar-refractivity contribution is 0.102. The summed E-state index contributed by atoms with van der Waals surface area (Å²) in [5, 5.41) is 11.0. The summed E-state index contributed by atoms with van der Waals surface area (Å²) >= 11 is 0. The highest BCUT2D eigenvalue weighted by Gasteiger charge is 2.28. The van der Waals surface area contributed by atoms with Crippen molar-refractivity contribution in [3.63, 3.8) is 0 Å². The van der Waals surface area contributed by atoms with Gasteiger partial charge < -0.3 is 15.4 Å². The first-order valence-electron chi connectivity index (χ1n) is 11.1. The fraction of sp³-hybridized carbons (Fsp3) is 0.231. The first kappa shape index (κ1) is 21.6. The molecule has 2 amide bonds. The zero-order valence-electron chi connectivity index (χ0n) is 19.3. The molecule has 0 unspecified atom stereocenters. The number of carbonyl (C=O) groups excluding carboxylic acids is 2. The number of fused-ring (bicyclic) bond motifs is 1. The maximum Gasteiger partial charge on any atom is 0.256 e. The van der Waals surface area contributed by atoms with Gasteiger partial charge in [-0.1, -0.05) is 0 Å². The lowest BCUT2D eigenvalue weighted by atomic mass is 10.1. The van der Waals surface area contributed by atoms with Gasteiger partial charge in [0.05, 0.1) is 23.8 Å². The number of aromatic nitrogens is 3. The van der Waals surface area contributed by atoms with Crippen LogP contribution in [0.3, 0.4) is 0 Å². The highest BCUT2D eigenvalue weighted by molar-refractivity contribution is 6.13. The molecule has 172 valence electrons. The van der Waals surface area contributed by atoms with E-state index in [9.17, 15) is 9.59 Å². The molecule has 34 heavy (non-hydrogen) atoms. The smallest absolute Gasteiger partial charge is 0.256 e. The molecule has 1 aliphatic rings. The van der Waals surface area contributed by atoms with Gasteiger partial charge in [0.2, 0.25) is 0 Å². The maximum absolute atomic E-state index is 13.2. The van der Waals surface area contributed by atoms with Gasteiger partial charge in [-0.25, -0.2) is 4.98 Å². The number of hydrogen-bond donors (Lipinski definition) is 2. The van der Waals surface area contributed by atoms with Crippen molar-refractivity contribution in [3.05, 3.63) is 77.1 Å². The molecule has 1 fully saturated rings. The van der Waals surface area contributed by atoms with Gasteiger partial charge in [0.15, 0.2) is 5.65 Å². The third kappa shape index (κ3) is 4.22. The van der Waals surface area contributed by atoms with Gasteiger partial charge in [0.25, 0.3) is 11.8 Å². The third-order valence-electron chi connectivity index (χ3n) is 5.98. The van der Waals surface area contributed by atoms with E-state index in [1.165, 1.54) is 0 Å². The molecule has 8 nitrogen and oxygen atoms in total. The van der Waals surface area contributed by atoms with E-state index < -0.39 is 0 Å². The van der Waals surface area contributed by atoms with E-state index in [1.807, 2.05) is 20.0 Å².